The van der Waals surface area contributed by atoms with Crippen molar-refractivity contribution in [1.29, 1.82) is 0 Å². The van der Waals surface area contributed by atoms with E-state index in [1.165, 1.54) is 11.3 Å². The summed E-state index contributed by atoms with van der Waals surface area (Å²) in [5, 5.41) is 6.27. The molecule has 0 bridgehead atoms. The van der Waals surface area contributed by atoms with E-state index in [9.17, 15) is 0 Å². The minimum absolute atomic E-state index is 0.135. The molecule has 0 amide bonds. The van der Waals surface area contributed by atoms with Gasteiger partial charge in [-0.15, -0.1) is 11.3 Å². The highest BCUT2D eigenvalue weighted by Crippen LogP contribution is 2.19. The van der Waals surface area contributed by atoms with Gasteiger partial charge in [0.15, 0.2) is 0 Å². The maximum atomic E-state index is 5.28. The zero-order chi connectivity index (χ0) is 8.55. The summed E-state index contributed by atoms with van der Waals surface area (Å²) in [5.74, 6) is 0.507. The van der Waals surface area contributed by atoms with Crippen molar-refractivity contribution in [1.82, 2.24) is 15.1 Å². The Morgan fingerprint density at radius 3 is 2.83 bits per heavy atom. The van der Waals surface area contributed by atoms with E-state index in [-0.39, 0.29) is 5.95 Å². The highest BCUT2D eigenvalue weighted by atomic mass is 32.1. The van der Waals surface area contributed by atoms with Crippen LogP contribution in [0.1, 0.15) is 5.01 Å². The molecule has 2 rings (SSSR count). The summed E-state index contributed by atoms with van der Waals surface area (Å²) in [6.45, 7) is 1.91. The Bertz CT molecular complexity index is 355. The largest absolute Gasteiger partial charge is 0.365 e. The second-order valence-electron chi connectivity index (χ2n) is 2.21. The van der Waals surface area contributed by atoms with Crippen LogP contribution in [-0.2, 0) is 0 Å². The highest BCUT2D eigenvalue weighted by molar-refractivity contribution is 7.09. The van der Waals surface area contributed by atoms with Crippen LogP contribution in [0.2, 0.25) is 0 Å². The molecule has 62 valence electrons. The van der Waals surface area contributed by atoms with Crippen LogP contribution in [0.25, 0.3) is 11.6 Å². The third-order valence-corrected chi connectivity index (χ3v) is 2.05. The molecule has 0 saturated heterocycles. The molecule has 0 aliphatic heterocycles. The first-order chi connectivity index (χ1) is 5.75. The lowest BCUT2D eigenvalue weighted by atomic mass is 10.5. The van der Waals surface area contributed by atoms with Crippen LogP contribution >= 0.6 is 11.3 Å². The van der Waals surface area contributed by atoms with Crippen molar-refractivity contribution in [2.75, 3.05) is 5.73 Å². The van der Waals surface area contributed by atoms with Crippen LogP contribution in [0.15, 0.2) is 9.90 Å². The number of thiazole rings is 1. The minimum Gasteiger partial charge on any atom is -0.365 e. The van der Waals surface area contributed by atoms with Gasteiger partial charge in [-0.3, -0.25) is 0 Å². The first kappa shape index (κ1) is 7.23. The SMILES string of the molecule is Cc1nc(-c2nc(N)no2)cs1. The fourth-order valence-electron chi connectivity index (χ4n) is 0.801. The molecular weight excluding hydrogens is 176 g/mol. The van der Waals surface area contributed by atoms with Crippen molar-refractivity contribution in [2.45, 2.75) is 6.92 Å². The van der Waals surface area contributed by atoms with E-state index in [4.69, 9.17) is 10.3 Å². The number of hydrogen-bond acceptors (Lipinski definition) is 6. The van der Waals surface area contributed by atoms with Crippen LogP contribution in [0, 0.1) is 6.92 Å². The van der Waals surface area contributed by atoms with Crippen molar-refractivity contribution in [3.63, 3.8) is 0 Å². The summed E-state index contributed by atoms with van der Waals surface area (Å²) in [5.41, 5.74) is 5.96. The Hall–Kier alpha value is -1.43. The first-order valence-electron chi connectivity index (χ1n) is 3.27. The van der Waals surface area contributed by atoms with Gasteiger partial charge in [-0.2, -0.15) is 4.98 Å². The molecule has 0 radical (unpaired) electrons. The molecule has 0 fully saturated rings. The smallest absolute Gasteiger partial charge is 0.278 e. The molecule has 0 atom stereocenters. The van der Waals surface area contributed by atoms with Crippen molar-refractivity contribution in [3.05, 3.63) is 10.4 Å². The van der Waals surface area contributed by atoms with Gasteiger partial charge in [0.25, 0.3) is 11.8 Å². The number of nitrogens with two attached hydrogens (primary N) is 1. The van der Waals surface area contributed by atoms with E-state index < -0.39 is 0 Å². The maximum absolute atomic E-state index is 5.28. The summed E-state index contributed by atoms with van der Waals surface area (Å²) < 4.78 is 4.82. The fraction of sp³-hybridized carbons (Fsp3) is 0.167. The van der Waals surface area contributed by atoms with Gasteiger partial charge in [0.2, 0.25) is 0 Å². The molecule has 0 aliphatic rings. The number of rotatable bonds is 1. The van der Waals surface area contributed by atoms with Gasteiger partial charge in [-0.1, -0.05) is 0 Å². The normalized spacial score (nSPS) is 10.4. The van der Waals surface area contributed by atoms with Crippen molar-refractivity contribution < 1.29 is 4.52 Å². The zero-order valence-corrected chi connectivity index (χ0v) is 7.13. The van der Waals surface area contributed by atoms with Gasteiger partial charge in [0.1, 0.15) is 5.69 Å². The molecule has 2 aromatic rings. The second kappa shape index (κ2) is 2.56. The summed E-state index contributed by atoms with van der Waals surface area (Å²) in [6.07, 6.45) is 0. The van der Waals surface area contributed by atoms with E-state index in [2.05, 4.69) is 15.1 Å². The maximum Gasteiger partial charge on any atom is 0.278 e. The van der Waals surface area contributed by atoms with Crippen molar-refractivity contribution in [2.24, 2.45) is 0 Å². The Morgan fingerprint density at radius 1 is 1.50 bits per heavy atom. The molecule has 0 unspecified atom stereocenters. The summed E-state index contributed by atoms with van der Waals surface area (Å²) in [6, 6.07) is 0. The lowest BCUT2D eigenvalue weighted by molar-refractivity contribution is 0.432. The molecule has 12 heavy (non-hydrogen) atoms. The molecular formula is C6H6N4OS. The predicted molar refractivity (Wildman–Crippen MR) is 44.6 cm³/mol. The fourth-order valence-corrected chi connectivity index (χ4v) is 1.39. The van der Waals surface area contributed by atoms with Crippen molar-refractivity contribution in [3.8, 4) is 11.6 Å². The zero-order valence-electron chi connectivity index (χ0n) is 6.31. The highest BCUT2D eigenvalue weighted by Gasteiger charge is 2.08. The summed E-state index contributed by atoms with van der Waals surface area (Å²) >= 11 is 1.53. The lowest BCUT2D eigenvalue weighted by Crippen LogP contribution is -1.85. The number of aryl methyl sites for hydroxylation is 1. The monoisotopic (exact) mass is 182 g/mol. The summed E-state index contributed by atoms with van der Waals surface area (Å²) in [4.78, 5) is 8.00. The quantitative estimate of drug-likeness (QED) is 0.714. The van der Waals surface area contributed by atoms with Crippen LogP contribution in [0.3, 0.4) is 0 Å². The van der Waals surface area contributed by atoms with Crippen LogP contribution in [0.5, 0.6) is 0 Å². The minimum atomic E-state index is 0.135. The number of aromatic nitrogens is 3. The van der Waals surface area contributed by atoms with E-state index in [1.807, 2.05) is 12.3 Å². The number of nitrogens with zero attached hydrogens (tertiary/aromatic N) is 3. The van der Waals surface area contributed by atoms with Crippen LogP contribution < -0.4 is 5.73 Å². The molecule has 0 aliphatic carbocycles. The molecule has 6 heteroatoms. The Balaban J connectivity index is 2.43. The molecule has 2 aromatic heterocycles. The van der Waals surface area contributed by atoms with Crippen molar-refractivity contribution >= 4 is 17.3 Å². The van der Waals surface area contributed by atoms with Crippen LogP contribution in [0.4, 0.5) is 5.95 Å². The number of hydrogen-bond donors (Lipinski definition) is 1. The van der Waals surface area contributed by atoms with E-state index in [1.54, 1.807) is 0 Å². The second-order valence-corrected chi connectivity index (χ2v) is 3.27. The lowest BCUT2D eigenvalue weighted by Gasteiger charge is -1.81. The predicted octanol–water partition coefficient (Wildman–Crippen LogP) is 1.08. The topological polar surface area (TPSA) is 77.8 Å². The van der Waals surface area contributed by atoms with E-state index >= 15 is 0 Å². The third kappa shape index (κ3) is 1.16. The van der Waals surface area contributed by atoms with Gasteiger partial charge >= 0.3 is 0 Å². The van der Waals surface area contributed by atoms with Gasteiger partial charge in [-0.25, -0.2) is 4.98 Å². The average molecular weight is 182 g/mol. The molecule has 5 nitrogen and oxygen atoms in total. The first-order valence-corrected chi connectivity index (χ1v) is 4.15. The van der Waals surface area contributed by atoms with Gasteiger partial charge < -0.3 is 10.3 Å². The van der Waals surface area contributed by atoms with Crippen LogP contribution in [-0.4, -0.2) is 15.1 Å². The van der Waals surface area contributed by atoms with Gasteiger partial charge in [-0.05, 0) is 12.1 Å². The molecule has 0 spiro atoms. The molecule has 0 aromatic carbocycles. The standard InChI is InChI=1S/C6H6N4OS/c1-3-8-4(2-12-3)5-9-6(7)10-11-5/h2H,1H3,(H2,7,10). The summed E-state index contributed by atoms with van der Waals surface area (Å²) in [7, 11) is 0. The Morgan fingerprint density at radius 2 is 2.33 bits per heavy atom. The molecule has 2 N–H and O–H groups in total. The molecule has 2 heterocycles. The van der Waals surface area contributed by atoms with Gasteiger partial charge in [0.05, 0.1) is 5.01 Å². The number of anilines is 1. The average Bonchev–Trinajstić information content (AvgIpc) is 2.58. The number of nitrogen functional groups attached to an aromatic ring is 1. The van der Waals surface area contributed by atoms with Gasteiger partial charge in [0, 0.05) is 5.38 Å². The third-order valence-electron chi connectivity index (χ3n) is 1.28. The Kier molecular flexibility index (Phi) is 1.54. The van der Waals surface area contributed by atoms with E-state index in [0.717, 1.165) is 5.01 Å². The Labute approximate surface area is 72.2 Å². The van der Waals surface area contributed by atoms with E-state index in [0.29, 0.717) is 11.6 Å². The molecule has 0 saturated carbocycles.